The lowest BCUT2D eigenvalue weighted by Crippen LogP contribution is -2.15. The Labute approximate surface area is 137 Å². The first kappa shape index (κ1) is 14.5. The zero-order chi connectivity index (χ0) is 16.8. The molecule has 0 aliphatic carbocycles. The normalized spacial score (nSPS) is 11.2. The van der Waals surface area contributed by atoms with E-state index < -0.39 is 5.97 Å². The van der Waals surface area contributed by atoms with Crippen LogP contribution in [0.1, 0.15) is 10.4 Å². The van der Waals surface area contributed by atoms with Crippen LogP contribution in [0.15, 0.2) is 47.3 Å². The van der Waals surface area contributed by atoms with E-state index in [9.17, 15) is 9.59 Å². The number of rotatable bonds is 2. The van der Waals surface area contributed by atoms with Gasteiger partial charge in [0, 0.05) is 5.39 Å². The molecule has 0 saturated carbocycles. The van der Waals surface area contributed by atoms with E-state index in [1.807, 2.05) is 18.2 Å². The highest BCUT2D eigenvalue weighted by molar-refractivity contribution is 7.28. The molecule has 2 aromatic carbocycles. The first-order valence-corrected chi connectivity index (χ1v) is 7.63. The summed E-state index contributed by atoms with van der Waals surface area (Å²) in [6, 6.07) is 11.7. The molecule has 2 N–H and O–H groups in total. The number of fused-ring (bicyclic) bond motifs is 3. The molecule has 0 amide bonds. The Morgan fingerprint density at radius 3 is 2.50 bits per heavy atom. The Morgan fingerprint density at radius 1 is 1.08 bits per heavy atom. The van der Waals surface area contributed by atoms with E-state index in [1.165, 1.54) is 16.8 Å². The summed E-state index contributed by atoms with van der Waals surface area (Å²) < 4.78 is 1.33. The molecule has 24 heavy (non-hydrogen) atoms. The van der Waals surface area contributed by atoms with Gasteiger partial charge in [0.1, 0.15) is 5.52 Å². The third kappa shape index (κ3) is 2.10. The third-order valence-corrected chi connectivity index (χ3v) is 4.29. The molecule has 0 aliphatic heterocycles. The molecule has 7 nitrogen and oxygen atoms in total. The second-order valence-corrected chi connectivity index (χ2v) is 5.89. The van der Waals surface area contributed by atoms with Crippen LogP contribution in [0, 0.1) is 0 Å². The van der Waals surface area contributed by atoms with Crippen molar-refractivity contribution in [3.63, 3.8) is 0 Å². The number of hydrogen-bond donors (Lipinski definition) is 2. The Bertz CT molecular complexity index is 1160. The van der Waals surface area contributed by atoms with Crippen molar-refractivity contribution in [1.29, 1.82) is 0 Å². The summed E-state index contributed by atoms with van der Waals surface area (Å²) >= 11 is 0. The van der Waals surface area contributed by atoms with Gasteiger partial charge in [-0.25, -0.2) is 9.48 Å². The maximum absolute atomic E-state index is 12.6. The third-order valence-electron chi connectivity index (χ3n) is 3.83. The Hall–Kier alpha value is -3.05. The van der Waals surface area contributed by atoms with E-state index in [0.29, 0.717) is 16.7 Å². The fourth-order valence-corrected chi connectivity index (χ4v) is 2.94. The van der Waals surface area contributed by atoms with E-state index >= 15 is 0 Å². The van der Waals surface area contributed by atoms with Gasteiger partial charge >= 0.3 is 5.97 Å². The number of aromatic nitrogens is 4. The van der Waals surface area contributed by atoms with Crippen molar-refractivity contribution in [2.75, 3.05) is 0 Å². The molecule has 0 fully saturated rings. The fourth-order valence-electron chi connectivity index (χ4n) is 2.62. The summed E-state index contributed by atoms with van der Waals surface area (Å²) in [6.07, 6.45) is 0. The van der Waals surface area contributed by atoms with Crippen molar-refractivity contribution < 1.29 is 9.90 Å². The van der Waals surface area contributed by atoms with Crippen molar-refractivity contribution >= 4 is 42.4 Å². The minimum Gasteiger partial charge on any atom is -0.478 e. The molecule has 2 heterocycles. The molecule has 0 spiro atoms. The monoisotopic (exact) mass is 338 g/mol. The van der Waals surface area contributed by atoms with Crippen LogP contribution < -0.4 is 10.9 Å². The number of nitrogens with zero attached hydrogens (tertiary/aromatic N) is 3. The number of carbonyl (C=O) groups is 1. The van der Waals surface area contributed by atoms with Crippen LogP contribution in [0.5, 0.6) is 0 Å². The Balaban J connectivity index is 1.98. The molecule has 1 unspecified atom stereocenters. The predicted molar refractivity (Wildman–Crippen MR) is 93.3 cm³/mol. The van der Waals surface area contributed by atoms with Gasteiger partial charge in [0.25, 0.3) is 5.56 Å². The highest BCUT2D eigenvalue weighted by atomic mass is 31.0. The number of carboxylic acids is 1. The van der Waals surface area contributed by atoms with Gasteiger partial charge in [-0.2, -0.15) is 0 Å². The quantitative estimate of drug-likeness (QED) is 0.539. The van der Waals surface area contributed by atoms with Crippen LogP contribution >= 0.6 is 9.24 Å². The lowest BCUT2D eigenvalue weighted by molar-refractivity contribution is 0.0697. The average molecular weight is 338 g/mol. The number of nitrogens with one attached hydrogen (secondary N) is 1. The summed E-state index contributed by atoms with van der Waals surface area (Å²) in [6.45, 7) is 0. The molecule has 0 aliphatic rings. The number of H-pyrrole nitrogens is 1. The maximum atomic E-state index is 12.6. The molecule has 4 rings (SSSR count). The number of carboxylic acid groups (broad SMARTS) is 1. The topological polar surface area (TPSA) is 101 Å². The van der Waals surface area contributed by atoms with Gasteiger partial charge in [0.05, 0.1) is 16.8 Å². The largest absolute Gasteiger partial charge is 0.478 e. The summed E-state index contributed by atoms with van der Waals surface area (Å²) in [5.41, 5.74) is 1.87. The maximum Gasteiger partial charge on any atom is 0.335 e. The molecular formula is C16H11N4O3P. The average Bonchev–Trinajstić information content (AvgIpc) is 2.93. The Kier molecular flexibility index (Phi) is 3.18. The molecule has 0 saturated heterocycles. The minimum absolute atomic E-state index is 0.154. The van der Waals surface area contributed by atoms with Crippen molar-refractivity contribution in [2.24, 2.45) is 0 Å². The number of benzene rings is 2. The van der Waals surface area contributed by atoms with Crippen LogP contribution in [0.25, 0.3) is 27.6 Å². The molecule has 4 aromatic rings. The van der Waals surface area contributed by atoms with Gasteiger partial charge in [0.15, 0.2) is 5.52 Å². The second-order valence-electron chi connectivity index (χ2n) is 5.27. The number of aromatic amines is 1. The molecule has 2 aromatic heterocycles. The first-order chi connectivity index (χ1) is 11.6. The van der Waals surface area contributed by atoms with Gasteiger partial charge in [-0.1, -0.05) is 18.2 Å². The van der Waals surface area contributed by atoms with E-state index in [0.717, 1.165) is 10.7 Å². The van der Waals surface area contributed by atoms with E-state index in [4.69, 9.17) is 5.11 Å². The van der Waals surface area contributed by atoms with Crippen LogP contribution in [-0.4, -0.2) is 31.1 Å². The van der Waals surface area contributed by atoms with Crippen LogP contribution in [0.3, 0.4) is 0 Å². The molecule has 1 atom stereocenters. The smallest absolute Gasteiger partial charge is 0.335 e. The fraction of sp³-hybridized carbons (Fsp3) is 0. The van der Waals surface area contributed by atoms with Crippen LogP contribution in [0.2, 0.25) is 0 Å². The highest BCUT2D eigenvalue weighted by Gasteiger charge is 2.14. The second kappa shape index (κ2) is 5.25. The molecular weight excluding hydrogens is 327 g/mol. The molecule has 8 heteroatoms. The SMILES string of the molecule is O=C(O)c1ccc(-n2[nH]c3c(nnc4c(P)cccc43)c2=O)cc1. The number of aromatic carboxylic acids is 1. The summed E-state index contributed by atoms with van der Waals surface area (Å²) in [7, 11) is 2.59. The standard InChI is InChI=1S/C16H11N4O3P/c21-15-14-13(10-2-1-3-11(24)12(10)17-18-14)19-20(15)9-6-4-8(5-7-9)16(22)23/h1-7,19H,24H2,(H,22,23). The molecule has 0 bridgehead atoms. The van der Waals surface area contributed by atoms with Gasteiger partial charge in [0.2, 0.25) is 0 Å². The lowest BCUT2D eigenvalue weighted by atomic mass is 10.2. The molecule has 118 valence electrons. The predicted octanol–water partition coefficient (Wildman–Crippen LogP) is 1.46. The van der Waals surface area contributed by atoms with E-state index in [2.05, 4.69) is 24.5 Å². The number of hydrogen-bond acceptors (Lipinski definition) is 4. The van der Waals surface area contributed by atoms with Crippen molar-refractivity contribution in [1.82, 2.24) is 20.0 Å². The molecule has 0 radical (unpaired) electrons. The lowest BCUT2D eigenvalue weighted by Gasteiger charge is -2.02. The summed E-state index contributed by atoms with van der Waals surface area (Å²) in [5, 5.41) is 21.9. The summed E-state index contributed by atoms with van der Waals surface area (Å²) in [4.78, 5) is 23.5. The van der Waals surface area contributed by atoms with Crippen LogP contribution in [0.4, 0.5) is 0 Å². The first-order valence-electron chi connectivity index (χ1n) is 7.05. The van der Waals surface area contributed by atoms with Gasteiger partial charge in [-0.3, -0.25) is 9.89 Å². The Morgan fingerprint density at radius 2 is 1.79 bits per heavy atom. The van der Waals surface area contributed by atoms with E-state index in [1.54, 1.807) is 12.1 Å². The van der Waals surface area contributed by atoms with Crippen molar-refractivity contribution in [3.8, 4) is 5.69 Å². The van der Waals surface area contributed by atoms with Gasteiger partial charge in [-0.15, -0.1) is 19.4 Å². The van der Waals surface area contributed by atoms with Gasteiger partial charge < -0.3 is 5.11 Å². The van der Waals surface area contributed by atoms with Crippen LogP contribution in [-0.2, 0) is 0 Å². The minimum atomic E-state index is -1.02. The van der Waals surface area contributed by atoms with Gasteiger partial charge in [-0.05, 0) is 29.6 Å². The zero-order valence-electron chi connectivity index (χ0n) is 12.2. The van der Waals surface area contributed by atoms with Crippen molar-refractivity contribution in [2.45, 2.75) is 0 Å². The summed E-state index contributed by atoms with van der Waals surface area (Å²) in [5.74, 6) is -1.02. The zero-order valence-corrected chi connectivity index (χ0v) is 13.4. The van der Waals surface area contributed by atoms with Crippen molar-refractivity contribution in [3.05, 3.63) is 58.4 Å². The van der Waals surface area contributed by atoms with E-state index in [-0.39, 0.29) is 16.6 Å². The highest BCUT2D eigenvalue weighted by Crippen LogP contribution is 2.19.